The molecule has 0 radical (unpaired) electrons. The Morgan fingerprint density at radius 1 is 0.881 bits per heavy atom. The zero-order valence-electron chi connectivity index (χ0n) is 35.5. The number of rotatable bonds is 21. The van der Waals surface area contributed by atoms with E-state index in [0.717, 1.165) is 16.9 Å². The van der Waals surface area contributed by atoms with E-state index in [1.54, 1.807) is 37.6 Å². The lowest BCUT2D eigenvalue weighted by atomic mass is 9.91. The van der Waals surface area contributed by atoms with Crippen LogP contribution in [0.25, 0.3) is 0 Å². The number of nitrogens with zero attached hydrogens (tertiary/aromatic N) is 2. The molecule has 13 heteroatoms. The van der Waals surface area contributed by atoms with Crippen molar-refractivity contribution in [1.29, 1.82) is 0 Å². The van der Waals surface area contributed by atoms with Crippen LogP contribution in [0.1, 0.15) is 87.8 Å². The topological polar surface area (TPSA) is 126 Å². The maximum absolute atomic E-state index is 12.4. The normalized spacial score (nSPS) is 17.0. The predicted molar refractivity (Wildman–Crippen MR) is 227 cm³/mol. The first kappa shape index (κ1) is 45.0. The Kier molecular flexibility index (Phi) is 16.6. The number of aromatic nitrogens is 2. The Morgan fingerprint density at radius 2 is 1.63 bits per heavy atom. The van der Waals surface area contributed by atoms with Gasteiger partial charge in [0, 0.05) is 35.9 Å². The lowest BCUT2D eigenvalue weighted by Gasteiger charge is -2.40. The first-order valence-electron chi connectivity index (χ1n) is 20.5. The summed E-state index contributed by atoms with van der Waals surface area (Å²) < 4.78 is 50.4. The minimum atomic E-state index is -2.16. The Hall–Kier alpha value is -5.11. The van der Waals surface area contributed by atoms with Gasteiger partial charge in [-0.2, -0.15) is 0 Å². The number of ether oxygens (including phenoxy) is 7. The number of para-hydroxylation sites is 1. The fourth-order valence-electron chi connectivity index (χ4n) is 6.13. The Bertz CT molecular complexity index is 1940. The molecule has 0 N–H and O–H groups in total. The molecule has 1 saturated heterocycles. The molecule has 1 aromatic heterocycles. The predicted octanol–water partition coefficient (Wildman–Crippen LogP) is 9.67. The number of hydrogen-bond acceptors (Lipinski definition) is 11. The van der Waals surface area contributed by atoms with Crippen LogP contribution >= 0.6 is 0 Å². The molecule has 2 heterocycles. The highest BCUT2D eigenvalue weighted by atomic mass is 28.4. The van der Waals surface area contributed by atoms with Gasteiger partial charge in [0.15, 0.2) is 17.8 Å². The summed E-state index contributed by atoms with van der Waals surface area (Å²) in [6, 6.07) is 20.8. The van der Waals surface area contributed by atoms with Gasteiger partial charge in [0.25, 0.3) is 0 Å². The van der Waals surface area contributed by atoms with Gasteiger partial charge in [-0.05, 0) is 81.2 Å². The van der Waals surface area contributed by atoms with Gasteiger partial charge >= 0.3 is 11.9 Å². The monoisotopic (exact) mass is 828 g/mol. The van der Waals surface area contributed by atoms with Crippen molar-refractivity contribution < 1.29 is 47.2 Å². The van der Waals surface area contributed by atoms with Gasteiger partial charge in [-0.1, -0.05) is 63.3 Å². The molecular weight excluding hydrogens is 769 g/mol. The summed E-state index contributed by atoms with van der Waals surface area (Å²) in [5.41, 5.74) is 2.23. The third kappa shape index (κ3) is 13.2. The van der Waals surface area contributed by atoms with Gasteiger partial charge in [-0.25, -0.2) is 9.78 Å². The summed E-state index contributed by atoms with van der Waals surface area (Å²) in [4.78, 5) is 28.4. The molecule has 4 aromatic rings. The number of benzene rings is 3. The summed E-state index contributed by atoms with van der Waals surface area (Å²) in [6.07, 6.45) is 10.2. The van der Waals surface area contributed by atoms with Gasteiger partial charge in [0.2, 0.25) is 8.32 Å². The molecule has 0 spiro atoms. The molecule has 1 aliphatic rings. The number of hydrogen-bond donors (Lipinski definition) is 0. The van der Waals surface area contributed by atoms with Crippen LogP contribution in [-0.4, -0.2) is 69.4 Å². The average Bonchev–Trinajstić information content (AvgIpc) is 3.74. The summed E-state index contributed by atoms with van der Waals surface area (Å²) in [7, 11) is -2.16. The Balaban J connectivity index is 1.23. The standard InChI is InChI=1S/C46H60N2O10Si/c1-8-51-42(49)18-12-10-11-15-36-32-56-45(57-43(36)38-16-13-14-17-39(38)58-59(6,7)46(3,4)5)34-19-22-37(23-20-34)53-29-30-55-41-31-35(44(50)52-9-2)21-24-40(41)54-28-27-48-26-25-47-33-48/h10-11,13-14,16-17,19-26,31,33,36,43,45H,8-9,12,15,18,27-30,32H2,1-7H3/b11-10-/t36-,43+,45+/m1/s1. The van der Waals surface area contributed by atoms with Crippen molar-refractivity contribution in [2.45, 2.75) is 91.0 Å². The van der Waals surface area contributed by atoms with Crippen molar-refractivity contribution in [2.24, 2.45) is 5.92 Å². The minimum Gasteiger partial charge on any atom is -0.543 e. The zero-order chi connectivity index (χ0) is 42.3. The number of carbonyl (C=O) groups is 2. The molecule has 318 valence electrons. The van der Waals surface area contributed by atoms with Gasteiger partial charge in [-0.15, -0.1) is 0 Å². The van der Waals surface area contributed by atoms with Gasteiger partial charge in [0.05, 0.1) is 44.4 Å². The SMILES string of the molecule is CCOC(=O)CC/C=C\C[C@@H]1CO[C@H](c2ccc(OCCOc3cc(C(=O)OCC)ccc3OCCn3ccnc3)cc2)O[C@@H]1c1ccccc1O[Si](C)(C)C(C)(C)C. The quantitative estimate of drug-likeness (QED) is 0.0345. The van der Waals surface area contributed by atoms with Crippen molar-refractivity contribution in [3.8, 4) is 23.0 Å². The summed E-state index contributed by atoms with van der Waals surface area (Å²) in [5.74, 6) is 1.80. The van der Waals surface area contributed by atoms with E-state index in [1.807, 2.05) is 66.2 Å². The van der Waals surface area contributed by atoms with Crippen LogP contribution in [0.5, 0.6) is 23.0 Å². The van der Waals surface area contributed by atoms with Crippen LogP contribution in [0, 0.1) is 5.92 Å². The molecule has 0 aliphatic carbocycles. The maximum atomic E-state index is 12.4. The highest BCUT2D eigenvalue weighted by Gasteiger charge is 2.41. The summed E-state index contributed by atoms with van der Waals surface area (Å²) >= 11 is 0. The third-order valence-electron chi connectivity index (χ3n) is 10.4. The van der Waals surface area contributed by atoms with Crippen LogP contribution < -0.4 is 18.6 Å². The maximum Gasteiger partial charge on any atom is 0.338 e. The van der Waals surface area contributed by atoms with Crippen molar-refractivity contribution in [3.05, 3.63) is 114 Å². The number of imidazole rings is 1. The molecule has 3 aromatic carbocycles. The molecule has 0 amide bonds. The molecular formula is C46H60N2O10Si. The molecule has 0 unspecified atom stereocenters. The minimum absolute atomic E-state index is 0.0115. The molecule has 12 nitrogen and oxygen atoms in total. The van der Waals surface area contributed by atoms with Crippen molar-refractivity contribution in [3.63, 3.8) is 0 Å². The fourth-order valence-corrected chi connectivity index (χ4v) is 7.17. The van der Waals surface area contributed by atoms with Crippen molar-refractivity contribution in [2.75, 3.05) is 39.6 Å². The number of esters is 2. The average molecular weight is 829 g/mol. The van der Waals surface area contributed by atoms with E-state index in [-0.39, 0.29) is 42.9 Å². The molecule has 5 rings (SSSR count). The largest absolute Gasteiger partial charge is 0.543 e. The first-order valence-corrected chi connectivity index (χ1v) is 23.4. The van der Waals surface area contributed by atoms with E-state index in [9.17, 15) is 9.59 Å². The van der Waals surface area contributed by atoms with Crippen LogP contribution in [0.2, 0.25) is 18.1 Å². The molecule has 1 aliphatic heterocycles. The van der Waals surface area contributed by atoms with E-state index in [4.69, 9.17) is 37.6 Å². The van der Waals surface area contributed by atoms with Crippen LogP contribution in [-0.2, 0) is 30.3 Å². The second-order valence-electron chi connectivity index (χ2n) is 15.7. The highest BCUT2D eigenvalue weighted by molar-refractivity contribution is 6.74. The molecule has 1 fully saturated rings. The van der Waals surface area contributed by atoms with Crippen molar-refractivity contribution in [1.82, 2.24) is 9.55 Å². The Morgan fingerprint density at radius 3 is 2.36 bits per heavy atom. The highest BCUT2D eigenvalue weighted by Crippen LogP contribution is 2.45. The van der Waals surface area contributed by atoms with Crippen LogP contribution in [0.3, 0.4) is 0 Å². The van der Waals surface area contributed by atoms with Gasteiger partial charge in [0.1, 0.15) is 31.3 Å². The smallest absolute Gasteiger partial charge is 0.338 e. The van der Waals surface area contributed by atoms with E-state index >= 15 is 0 Å². The summed E-state index contributed by atoms with van der Waals surface area (Å²) in [5, 5.41) is 0.0180. The number of allylic oxidation sites excluding steroid dienone is 2. The molecule has 59 heavy (non-hydrogen) atoms. The zero-order valence-corrected chi connectivity index (χ0v) is 36.5. The van der Waals surface area contributed by atoms with Crippen LogP contribution in [0.15, 0.2) is 97.6 Å². The fraction of sp³-hybridized carbons (Fsp3) is 0.457. The molecule has 0 bridgehead atoms. The lowest BCUT2D eigenvalue weighted by Crippen LogP contribution is -2.44. The first-order chi connectivity index (χ1) is 28.4. The molecule has 3 atom stereocenters. The summed E-state index contributed by atoms with van der Waals surface area (Å²) in [6.45, 7) is 17.3. The van der Waals surface area contributed by atoms with Crippen molar-refractivity contribution >= 4 is 20.3 Å². The van der Waals surface area contributed by atoms with Gasteiger partial charge < -0.3 is 42.2 Å². The second kappa shape index (κ2) is 21.8. The second-order valence-corrected chi connectivity index (χ2v) is 20.5. The van der Waals surface area contributed by atoms with E-state index in [2.05, 4.69) is 51.0 Å². The Labute approximate surface area is 349 Å². The van der Waals surface area contributed by atoms with E-state index < -0.39 is 20.6 Å². The third-order valence-corrected chi connectivity index (χ3v) is 14.7. The van der Waals surface area contributed by atoms with E-state index in [1.165, 1.54) is 0 Å². The van der Waals surface area contributed by atoms with Crippen LogP contribution in [0.4, 0.5) is 0 Å². The molecule has 0 saturated carbocycles. The lowest BCUT2D eigenvalue weighted by molar-refractivity contribution is -0.244. The number of carbonyl (C=O) groups excluding carboxylic acids is 2. The van der Waals surface area contributed by atoms with Gasteiger partial charge in [-0.3, -0.25) is 4.79 Å². The van der Waals surface area contributed by atoms with E-state index in [0.29, 0.717) is 68.4 Å².